The van der Waals surface area contributed by atoms with E-state index in [9.17, 15) is 14.0 Å². The first-order chi connectivity index (χ1) is 20.1. The number of carbonyl (C=O) groups is 1. The van der Waals surface area contributed by atoms with Gasteiger partial charge in [-0.2, -0.15) is 0 Å². The van der Waals surface area contributed by atoms with Crippen LogP contribution in [0.3, 0.4) is 0 Å². The van der Waals surface area contributed by atoms with Crippen LogP contribution in [0.5, 0.6) is 5.75 Å². The Morgan fingerprint density at radius 3 is 2.23 bits per heavy atom. The van der Waals surface area contributed by atoms with Gasteiger partial charge in [0.2, 0.25) is 5.43 Å². The number of Topliss-reactive ketones (excluding diaryl/α,β-unsaturated/α-hetero) is 1. The van der Waals surface area contributed by atoms with Crippen molar-refractivity contribution in [3.8, 4) is 16.2 Å². The van der Waals surface area contributed by atoms with E-state index in [1.165, 1.54) is 17.4 Å². The standard InChI is InChI=1S/C35H35FN2O3S.ClH/c1-35(2,3)33(40)28-22-38(20-25-13-9-10-14-29(25)36)34-30(31(28)39)27(21-37(4)19-23-11-7-6-8-12-23)32(42-34)24-15-17-26(41-5)18-16-24;/h6-18,22H,19-21H2,1-5H3;1H. The van der Waals surface area contributed by atoms with Gasteiger partial charge in [-0.3, -0.25) is 14.5 Å². The Balaban J connectivity index is 0.00000423. The van der Waals surface area contributed by atoms with E-state index < -0.39 is 5.41 Å². The van der Waals surface area contributed by atoms with E-state index >= 15 is 0 Å². The summed E-state index contributed by atoms with van der Waals surface area (Å²) in [5.41, 5.74) is 2.52. The number of halogens is 2. The zero-order valence-corrected chi connectivity index (χ0v) is 26.7. The lowest BCUT2D eigenvalue weighted by Gasteiger charge is -2.20. The molecule has 0 radical (unpaired) electrons. The molecule has 0 bridgehead atoms. The molecule has 0 spiro atoms. The first-order valence-corrected chi connectivity index (χ1v) is 14.7. The van der Waals surface area contributed by atoms with Crippen molar-refractivity contribution in [2.75, 3.05) is 14.2 Å². The fourth-order valence-corrected chi connectivity index (χ4v) is 6.43. The molecule has 0 N–H and O–H groups in total. The van der Waals surface area contributed by atoms with Crippen molar-refractivity contribution >= 4 is 39.7 Å². The molecule has 0 amide bonds. The SMILES string of the molecule is COc1ccc(-c2sc3c(c2CN(C)Cc2ccccc2)c(=O)c(C(=O)C(C)(C)C)cn3Cc2ccccc2F)cc1.Cl. The second-order valence-corrected chi connectivity index (χ2v) is 12.6. The van der Waals surface area contributed by atoms with E-state index in [1.807, 2.05) is 74.9 Å². The largest absolute Gasteiger partial charge is 0.497 e. The number of pyridine rings is 1. The van der Waals surface area contributed by atoms with Crippen LogP contribution < -0.4 is 10.2 Å². The molecular weight excluding hydrogens is 583 g/mol. The predicted octanol–water partition coefficient (Wildman–Crippen LogP) is 8.21. The number of carbonyl (C=O) groups excluding carboxylic acids is 1. The number of thiophene rings is 1. The molecule has 0 atom stereocenters. The molecule has 0 saturated carbocycles. The molecule has 0 saturated heterocycles. The highest BCUT2D eigenvalue weighted by atomic mass is 35.5. The fraction of sp³-hybridized carbons (Fsp3) is 0.257. The summed E-state index contributed by atoms with van der Waals surface area (Å²) in [6.45, 7) is 6.79. The van der Waals surface area contributed by atoms with E-state index in [4.69, 9.17) is 4.74 Å². The third-order valence-corrected chi connectivity index (χ3v) is 8.62. The molecule has 8 heteroatoms. The number of ketones is 1. The van der Waals surface area contributed by atoms with Crippen LogP contribution in [-0.2, 0) is 19.6 Å². The van der Waals surface area contributed by atoms with Crippen molar-refractivity contribution in [3.63, 3.8) is 0 Å². The quantitative estimate of drug-likeness (QED) is 0.156. The molecule has 0 aliphatic heterocycles. The van der Waals surface area contributed by atoms with Gasteiger partial charge >= 0.3 is 0 Å². The van der Waals surface area contributed by atoms with Crippen LogP contribution in [0, 0.1) is 11.2 Å². The first-order valence-electron chi connectivity index (χ1n) is 13.9. The number of nitrogens with zero attached hydrogens (tertiary/aromatic N) is 2. The lowest BCUT2D eigenvalue weighted by Crippen LogP contribution is -2.28. The van der Waals surface area contributed by atoms with Crippen molar-refractivity contribution in [1.82, 2.24) is 9.47 Å². The third-order valence-electron chi connectivity index (χ3n) is 7.31. The summed E-state index contributed by atoms with van der Waals surface area (Å²) in [5, 5.41) is 0.511. The molecular formula is C35H36ClFN2O3S. The first kappa shape index (κ1) is 32.1. The van der Waals surface area contributed by atoms with Gasteiger partial charge in [-0.15, -0.1) is 23.7 Å². The van der Waals surface area contributed by atoms with Gasteiger partial charge in [0.15, 0.2) is 5.78 Å². The maximum absolute atomic E-state index is 14.8. The van der Waals surface area contributed by atoms with Crippen molar-refractivity contribution in [2.24, 2.45) is 5.41 Å². The average molecular weight is 619 g/mol. The highest BCUT2D eigenvalue weighted by Gasteiger charge is 2.29. The number of aromatic nitrogens is 1. The summed E-state index contributed by atoms with van der Waals surface area (Å²) in [4.78, 5) is 31.7. The van der Waals surface area contributed by atoms with E-state index in [0.717, 1.165) is 27.3 Å². The lowest BCUT2D eigenvalue weighted by atomic mass is 9.86. The molecule has 3 aromatic carbocycles. The third kappa shape index (κ3) is 6.90. The van der Waals surface area contributed by atoms with Crippen LogP contribution in [-0.4, -0.2) is 29.4 Å². The predicted molar refractivity (Wildman–Crippen MR) is 176 cm³/mol. The van der Waals surface area contributed by atoms with Gasteiger partial charge in [-0.25, -0.2) is 4.39 Å². The number of benzene rings is 3. The van der Waals surface area contributed by atoms with E-state index in [0.29, 0.717) is 28.9 Å². The van der Waals surface area contributed by atoms with Crippen LogP contribution >= 0.6 is 23.7 Å². The van der Waals surface area contributed by atoms with Gasteiger partial charge < -0.3 is 9.30 Å². The topological polar surface area (TPSA) is 51.5 Å². The van der Waals surface area contributed by atoms with Crippen molar-refractivity contribution in [1.29, 1.82) is 0 Å². The lowest BCUT2D eigenvalue weighted by molar-refractivity contribution is 0.0856. The van der Waals surface area contributed by atoms with Crippen LogP contribution in [0.1, 0.15) is 47.8 Å². The Morgan fingerprint density at radius 1 is 0.953 bits per heavy atom. The van der Waals surface area contributed by atoms with Gasteiger partial charge in [0, 0.05) is 35.1 Å². The van der Waals surface area contributed by atoms with Gasteiger partial charge in [0.05, 0.1) is 24.6 Å². The van der Waals surface area contributed by atoms with Crippen molar-refractivity contribution in [2.45, 2.75) is 40.4 Å². The summed E-state index contributed by atoms with van der Waals surface area (Å²) in [6.07, 6.45) is 1.62. The average Bonchev–Trinajstić information content (AvgIpc) is 3.34. The second-order valence-electron chi connectivity index (χ2n) is 11.6. The van der Waals surface area contributed by atoms with Crippen LogP contribution in [0.15, 0.2) is 89.9 Å². The molecule has 2 aromatic heterocycles. The molecule has 5 rings (SSSR count). The Hall–Kier alpha value is -3.78. The molecule has 0 fully saturated rings. The smallest absolute Gasteiger partial charge is 0.201 e. The number of fused-ring (bicyclic) bond motifs is 1. The molecule has 43 heavy (non-hydrogen) atoms. The molecule has 5 nitrogen and oxygen atoms in total. The molecule has 5 aromatic rings. The molecule has 224 valence electrons. The summed E-state index contributed by atoms with van der Waals surface area (Å²) in [7, 11) is 3.65. The Labute approximate surface area is 262 Å². The van der Waals surface area contributed by atoms with E-state index in [-0.39, 0.29) is 41.5 Å². The number of hydrogen-bond donors (Lipinski definition) is 0. The molecule has 2 heterocycles. The number of methoxy groups -OCH3 is 1. The van der Waals surface area contributed by atoms with Crippen molar-refractivity contribution in [3.05, 3.63) is 123 Å². The maximum Gasteiger partial charge on any atom is 0.201 e. The number of ether oxygens (including phenoxy) is 1. The minimum absolute atomic E-state index is 0. The zero-order valence-electron chi connectivity index (χ0n) is 25.0. The Bertz CT molecular complexity index is 1790. The summed E-state index contributed by atoms with van der Waals surface area (Å²) in [6, 6.07) is 24.5. The monoisotopic (exact) mass is 618 g/mol. The van der Waals surface area contributed by atoms with E-state index in [1.54, 1.807) is 31.5 Å². The van der Waals surface area contributed by atoms with Crippen LogP contribution in [0.2, 0.25) is 0 Å². The minimum Gasteiger partial charge on any atom is -0.497 e. The maximum atomic E-state index is 14.8. The summed E-state index contributed by atoms with van der Waals surface area (Å²) >= 11 is 1.49. The number of hydrogen-bond acceptors (Lipinski definition) is 5. The van der Waals surface area contributed by atoms with E-state index in [2.05, 4.69) is 17.0 Å². The van der Waals surface area contributed by atoms with Gasteiger partial charge in [-0.05, 0) is 54.1 Å². The fourth-order valence-electron chi connectivity index (χ4n) is 5.14. The molecule has 0 unspecified atom stereocenters. The highest BCUT2D eigenvalue weighted by molar-refractivity contribution is 7.22. The van der Waals surface area contributed by atoms with Gasteiger partial charge in [-0.1, -0.05) is 69.3 Å². The van der Waals surface area contributed by atoms with Crippen molar-refractivity contribution < 1.29 is 13.9 Å². The normalized spacial score (nSPS) is 11.5. The Kier molecular flexibility index (Phi) is 9.90. The zero-order chi connectivity index (χ0) is 30.0. The second kappa shape index (κ2) is 13.2. The number of rotatable bonds is 9. The molecule has 0 aliphatic carbocycles. The molecule has 0 aliphatic rings. The summed E-state index contributed by atoms with van der Waals surface area (Å²) in [5.74, 6) is 0.167. The van der Waals surface area contributed by atoms with Crippen LogP contribution in [0.25, 0.3) is 20.7 Å². The van der Waals surface area contributed by atoms with Crippen LogP contribution in [0.4, 0.5) is 4.39 Å². The van der Waals surface area contributed by atoms with Gasteiger partial charge in [0.25, 0.3) is 0 Å². The summed E-state index contributed by atoms with van der Waals surface area (Å²) < 4.78 is 22.1. The van der Waals surface area contributed by atoms with Gasteiger partial charge in [0.1, 0.15) is 16.4 Å². The highest BCUT2D eigenvalue weighted by Crippen LogP contribution is 2.39. The minimum atomic E-state index is -0.762. The Morgan fingerprint density at radius 2 is 1.60 bits per heavy atom.